The monoisotopic (exact) mass is 521 g/mol. The van der Waals surface area contributed by atoms with Gasteiger partial charge in [0.2, 0.25) is 10.0 Å². The SMILES string of the molecule is Cn1ncc2cc(C3CCC(OC[C@@H]4CN(C(=O)OC(C)(C)C)CC[C@@H]4NS(C)(=O)=O)CC3)ncc21. The topological polar surface area (TPSA) is 116 Å². The molecule has 2 fully saturated rings. The maximum atomic E-state index is 12.6. The van der Waals surface area contributed by atoms with E-state index in [0.717, 1.165) is 42.3 Å². The summed E-state index contributed by atoms with van der Waals surface area (Å²) in [6.07, 6.45) is 9.03. The van der Waals surface area contributed by atoms with Crippen LogP contribution in [0.25, 0.3) is 10.9 Å². The Morgan fingerprint density at radius 1 is 1.17 bits per heavy atom. The highest BCUT2D eigenvalue weighted by Gasteiger charge is 2.36. The third kappa shape index (κ3) is 6.95. The Hall–Kier alpha value is -2.24. The molecule has 36 heavy (non-hydrogen) atoms. The second-order valence-corrected chi connectivity index (χ2v) is 13.0. The number of fused-ring (bicyclic) bond motifs is 1. The molecular weight excluding hydrogens is 482 g/mol. The van der Waals surface area contributed by atoms with E-state index in [1.165, 1.54) is 6.26 Å². The number of nitrogens with one attached hydrogen (secondary N) is 1. The summed E-state index contributed by atoms with van der Waals surface area (Å²) in [6.45, 7) is 6.74. The van der Waals surface area contributed by atoms with Gasteiger partial charge in [-0.3, -0.25) is 9.67 Å². The van der Waals surface area contributed by atoms with Gasteiger partial charge in [-0.1, -0.05) is 0 Å². The number of carbonyl (C=O) groups excluding carboxylic acids is 1. The molecule has 1 aliphatic heterocycles. The van der Waals surface area contributed by atoms with Crippen molar-refractivity contribution in [2.75, 3.05) is 26.0 Å². The molecule has 0 radical (unpaired) electrons. The number of nitrogens with zero attached hydrogens (tertiary/aromatic N) is 4. The fraction of sp³-hybridized carbons (Fsp3) is 0.720. The van der Waals surface area contributed by atoms with Crippen LogP contribution in [-0.2, 0) is 26.5 Å². The number of hydrogen-bond acceptors (Lipinski definition) is 7. The van der Waals surface area contributed by atoms with Gasteiger partial charge in [-0.05, 0) is 58.9 Å². The van der Waals surface area contributed by atoms with Crippen molar-refractivity contribution in [3.8, 4) is 0 Å². The zero-order valence-corrected chi connectivity index (χ0v) is 22.8. The molecule has 2 aromatic heterocycles. The van der Waals surface area contributed by atoms with Crippen molar-refractivity contribution >= 4 is 27.0 Å². The van der Waals surface area contributed by atoms with Crippen molar-refractivity contribution in [3.63, 3.8) is 0 Å². The van der Waals surface area contributed by atoms with Crippen molar-refractivity contribution in [3.05, 3.63) is 24.2 Å². The van der Waals surface area contributed by atoms with Crippen molar-refractivity contribution < 1.29 is 22.7 Å². The number of likely N-dealkylation sites (tertiary alicyclic amines) is 1. The number of aryl methyl sites for hydroxylation is 1. The Morgan fingerprint density at radius 3 is 2.56 bits per heavy atom. The lowest BCUT2D eigenvalue weighted by molar-refractivity contribution is -0.0244. The van der Waals surface area contributed by atoms with Crippen LogP contribution in [0.3, 0.4) is 0 Å². The number of sulfonamides is 1. The predicted octanol–water partition coefficient (Wildman–Crippen LogP) is 3.19. The quantitative estimate of drug-likeness (QED) is 0.621. The Labute approximate surface area is 213 Å². The Balaban J connectivity index is 1.33. The molecule has 1 saturated carbocycles. The number of rotatable bonds is 6. The van der Waals surface area contributed by atoms with Gasteiger partial charge in [0.1, 0.15) is 5.60 Å². The molecular formula is C25H39N5O5S. The molecule has 1 amide bonds. The summed E-state index contributed by atoms with van der Waals surface area (Å²) in [5.74, 6) is 0.250. The van der Waals surface area contributed by atoms with Gasteiger partial charge >= 0.3 is 6.09 Å². The second-order valence-electron chi connectivity index (χ2n) is 11.2. The number of amides is 1. The first-order chi connectivity index (χ1) is 16.9. The van der Waals surface area contributed by atoms with E-state index in [9.17, 15) is 13.2 Å². The Kier molecular flexibility index (Phi) is 7.92. The van der Waals surface area contributed by atoms with Crippen LogP contribution in [0.4, 0.5) is 4.79 Å². The maximum Gasteiger partial charge on any atom is 0.410 e. The van der Waals surface area contributed by atoms with E-state index in [0.29, 0.717) is 32.0 Å². The van der Waals surface area contributed by atoms with Gasteiger partial charge in [-0.25, -0.2) is 17.9 Å². The smallest absolute Gasteiger partial charge is 0.410 e. The number of piperidine rings is 1. The van der Waals surface area contributed by atoms with Crippen molar-refractivity contribution in [2.45, 2.75) is 76.5 Å². The first-order valence-electron chi connectivity index (χ1n) is 12.7. The van der Waals surface area contributed by atoms with Crippen LogP contribution in [0.1, 0.15) is 64.5 Å². The molecule has 0 spiro atoms. The summed E-state index contributed by atoms with van der Waals surface area (Å²) in [6, 6.07) is 1.87. The summed E-state index contributed by atoms with van der Waals surface area (Å²) in [5.41, 5.74) is 1.55. The third-order valence-corrected chi connectivity index (χ3v) is 7.77. The second kappa shape index (κ2) is 10.6. The first kappa shape index (κ1) is 26.8. The zero-order chi connectivity index (χ0) is 26.1. The van der Waals surface area contributed by atoms with E-state index in [4.69, 9.17) is 9.47 Å². The van der Waals surface area contributed by atoms with Crippen LogP contribution in [0, 0.1) is 5.92 Å². The van der Waals surface area contributed by atoms with Gasteiger partial charge in [0.05, 0.1) is 36.9 Å². The molecule has 1 aliphatic carbocycles. The van der Waals surface area contributed by atoms with Crippen LogP contribution < -0.4 is 4.72 Å². The van der Waals surface area contributed by atoms with Gasteiger partial charge in [-0.2, -0.15) is 5.10 Å². The van der Waals surface area contributed by atoms with E-state index in [1.54, 1.807) is 4.90 Å². The lowest BCUT2D eigenvalue weighted by Gasteiger charge is -2.39. The molecule has 1 saturated heterocycles. The molecule has 10 nitrogen and oxygen atoms in total. The Bertz CT molecular complexity index is 1170. The van der Waals surface area contributed by atoms with Crippen molar-refractivity contribution in [1.82, 2.24) is 24.4 Å². The lowest BCUT2D eigenvalue weighted by Crippen LogP contribution is -2.54. The number of aromatic nitrogens is 3. The number of hydrogen-bond donors (Lipinski definition) is 1. The van der Waals surface area contributed by atoms with Crippen LogP contribution in [0.15, 0.2) is 18.5 Å². The van der Waals surface area contributed by atoms with Crippen LogP contribution >= 0.6 is 0 Å². The molecule has 2 aromatic rings. The summed E-state index contributed by atoms with van der Waals surface area (Å²) >= 11 is 0. The molecule has 3 heterocycles. The van der Waals surface area contributed by atoms with E-state index < -0.39 is 15.6 Å². The Morgan fingerprint density at radius 2 is 1.89 bits per heavy atom. The van der Waals surface area contributed by atoms with Crippen LogP contribution in [-0.4, -0.2) is 77.9 Å². The lowest BCUT2D eigenvalue weighted by atomic mass is 9.84. The maximum absolute atomic E-state index is 12.6. The van der Waals surface area contributed by atoms with Crippen molar-refractivity contribution in [1.29, 1.82) is 0 Å². The minimum absolute atomic E-state index is 0.110. The molecule has 0 aromatic carbocycles. The average Bonchev–Trinajstić information content (AvgIpc) is 3.16. The van der Waals surface area contributed by atoms with Gasteiger partial charge < -0.3 is 14.4 Å². The van der Waals surface area contributed by atoms with Gasteiger partial charge in [0, 0.05) is 49.1 Å². The van der Waals surface area contributed by atoms with E-state index >= 15 is 0 Å². The fourth-order valence-electron chi connectivity index (χ4n) is 5.20. The van der Waals surface area contributed by atoms with Crippen LogP contribution in [0.2, 0.25) is 0 Å². The summed E-state index contributed by atoms with van der Waals surface area (Å²) in [4.78, 5) is 19.0. The summed E-state index contributed by atoms with van der Waals surface area (Å²) in [7, 11) is -1.45. The largest absolute Gasteiger partial charge is 0.444 e. The highest BCUT2D eigenvalue weighted by molar-refractivity contribution is 7.88. The molecule has 0 bridgehead atoms. The number of ether oxygens (including phenoxy) is 2. The summed E-state index contributed by atoms with van der Waals surface area (Å²) in [5, 5.41) is 5.41. The predicted molar refractivity (Wildman–Crippen MR) is 137 cm³/mol. The van der Waals surface area contributed by atoms with Gasteiger partial charge in [-0.15, -0.1) is 0 Å². The number of carbonyl (C=O) groups is 1. The van der Waals surface area contributed by atoms with Crippen molar-refractivity contribution in [2.24, 2.45) is 13.0 Å². The van der Waals surface area contributed by atoms with Crippen LogP contribution in [0.5, 0.6) is 0 Å². The van der Waals surface area contributed by atoms with Gasteiger partial charge in [0.25, 0.3) is 0 Å². The molecule has 200 valence electrons. The number of pyridine rings is 1. The highest BCUT2D eigenvalue weighted by atomic mass is 32.2. The minimum Gasteiger partial charge on any atom is -0.444 e. The first-order valence-corrected chi connectivity index (χ1v) is 14.6. The average molecular weight is 522 g/mol. The van der Waals surface area contributed by atoms with Gasteiger partial charge in [0.15, 0.2) is 0 Å². The zero-order valence-electron chi connectivity index (χ0n) is 21.9. The van der Waals surface area contributed by atoms with E-state index in [2.05, 4.69) is 20.9 Å². The molecule has 4 rings (SSSR count). The third-order valence-electron chi connectivity index (χ3n) is 7.04. The highest BCUT2D eigenvalue weighted by Crippen LogP contribution is 2.34. The molecule has 1 N–H and O–H groups in total. The minimum atomic E-state index is -3.37. The molecule has 2 aliphatic rings. The fourth-order valence-corrected chi connectivity index (χ4v) is 6.06. The normalized spacial score (nSPS) is 25.8. The standard InChI is InChI=1S/C25H39N5O5S/c1-25(2,3)35-24(31)30-11-10-21(28-36(5,32)33)19(15-30)16-34-20-8-6-17(7-9-20)22-12-18-13-27-29(4)23(18)14-26-22/h12-14,17,19-21,28H,6-11,15-16H2,1-5H3/t17?,19-,20?,21-/m0/s1. The van der Waals surface area contributed by atoms with E-state index in [-0.39, 0.29) is 24.2 Å². The molecule has 11 heteroatoms. The molecule has 2 atom stereocenters. The van der Waals surface area contributed by atoms with E-state index in [1.807, 2.05) is 44.9 Å². The molecule has 0 unspecified atom stereocenters. The summed E-state index contributed by atoms with van der Waals surface area (Å²) < 4.78 is 40.3.